The van der Waals surface area contributed by atoms with Crippen molar-refractivity contribution in [2.75, 3.05) is 0 Å². The molecule has 55 heavy (non-hydrogen) atoms. The third kappa shape index (κ3) is 6.20. The molecule has 0 saturated carbocycles. The summed E-state index contributed by atoms with van der Waals surface area (Å²) in [6.45, 7) is 0. The van der Waals surface area contributed by atoms with E-state index in [-0.39, 0.29) is 0 Å². The number of furan rings is 1. The second-order valence-electron chi connectivity index (χ2n) is 13.8. The molecule has 1 atom stereocenters. The molecule has 1 aliphatic heterocycles. The minimum absolute atomic E-state index is 0.401. The van der Waals surface area contributed by atoms with Crippen LogP contribution in [0.15, 0.2) is 215 Å². The van der Waals surface area contributed by atoms with Crippen molar-refractivity contribution < 1.29 is 4.42 Å². The molecule has 260 valence electrons. The molecule has 0 fully saturated rings. The van der Waals surface area contributed by atoms with Crippen LogP contribution >= 0.6 is 0 Å². The van der Waals surface area contributed by atoms with Crippen LogP contribution in [0.4, 0.5) is 0 Å². The number of aliphatic imine (C=N–C) groups is 2. The lowest BCUT2D eigenvalue weighted by Gasteiger charge is -2.25. The van der Waals surface area contributed by atoms with E-state index >= 15 is 0 Å². The molecule has 0 radical (unpaired) electrons. The third-order valence-electron chi connectivity index (χ3n) is 10.4. The maximum Gasteiger partial charge on any atom is 0.159 e. The number of fused-ring (bicyclic) bond motifs is 3. The minimum atomic E-state index is -0.401. The largest absolute Gasteiger partial charge is 0.456 e. The van der Waals surface area contributed by atoms with Gasteiger partial charge in [0.15, 0.2) is 5.84 Å². The zero-order valence-corrected chi connectivity index (χ0v) is 29.9. The molecule has 4 nitrogen and oxygen atoms in total. The van der Waals surface area contributed by atoms with Gasteiger partial charge in [0, 0.05) is 21.9 Å². The topological polar surface area (TPSA) is 49.9 Å². The first kappa shape index (κ1) is 32.4. The second kappa shape index (κ2) is 13.9. The van der Waals surface area contributed by atoms with Gasteiger partial charge in [0.05, 0.1) is 0 Å². The number of nitrogens with zero attached hydrogens (tertiary/aromatic N) is 2. The van der Waals surface area contributed by atoms with E-state index < -0.39 is 6.17 Å². The molecule has 1 N–H and O–H groups in total. The van der Waals surface area contributed by atoms with Gasteiger partial charge in [-0.3, -0.25) is 0 Å². The first-order chi connectivity index (χ1) is 27.2. The highest BCUT2D eigenvalue weighted by atomic mass is 16.3. The van der Waals surface area contributed by atoms with E-state index in [1.807, 2.05) is 24.3 Å². The maximum absolute atomic E-state index is 6.53. The van der Waals surface area contributed by atoms with Crippen molar-refractivity contribution in [1.82, 2.24) is 5.32 Å². The van der Waals surface area contributed by atoms with Gasteiger partial charge in [0.25, 0.3) is 0 Å². The number of benzene rings is 8. The molecule has 0 saturated heterocycles. The Morgan fingerprint density at radius 2 is 0.964 bits per heavy atom. The summed E-state index contributed by atoms with van der Waals surface area (Å²) in [6, 6.07) is 69.9. The summed E-state index contributed by atoms with van der Waals surface area (Å²) in [5, 5.41) is 5.83. The lowest BCUT2D eigenvalue weighted by molar-refractivity contribution is 0.668. The van der Waals surface area contributed by atoms with Crippen LogP contribution in [0.25, 0.3) is 66.4 Å². The Labute approximate surface area is 319 Å². The Morgan fingerprint density at radius 3 is 1.64 bits per heavy atom. The predicted octanol–water partition coefficient (Wildman–Crippen LogP) is 12.7. The van der Waals surface area contributed by atoms with Crippen molar-refractivity contribution in [1.29, 1.82) is 0 Å². The molecule has 4 heteroatoms. The Hall–Kier alpha value is -7.30. The molecule has 1 unspecified atom stereocenters. The highest BCUT2D eigenvalue weighted by Crippen LogP contribution is 2.38. The summed E-state index contributed by atoms with van der Waals surface area (Å²) in [7, 11) is 0. The molecule has 10 rings (SSSR count). The summed E-state index contributed by atoms with van der Waals surface area (Å²) in [6.07, 6.45) is -0.401. The zero-order chi connectivity index (χ0) is 36.6. The summed E-state index contributed by atoms with van der Waals surface area (Å²) in [4.78, 5) is 10.6. The number of hydrogen-bond donors (Lipinski definition) is 1. The SMILES string of the molecule is c1ccc(-c2ccc(C3=NC(c4ccc(-c5ccccc5)c(-c5ccccc5)c4)NC(c4cccc5oc6cc(-c7ccccc7)ccc6c45)=N3)cc2)cc1. The normalized spacial score (nSPS) is 14.0. The molecule has 9 aromatic rings. The molecular weight excluding hydrogens is 671 g/mol. The standard InChI is InChI=1S/C51H35N3O/c1-5-14-34(15-6-1)36-24-26-39(27-25-36)49-52-50(41-29-30-42(37-18-9-3-10-19-37)45(32-41)38-20-11-4-12-21-38)54-51(53-49)44-22-13-23-46-48(44)43-31-28-40(33-47(43)55-46)35-16-7-2-8-17-35/h1-33,50H,(H,52,53,54). The van der Waals surface area contributed by atoms with Gasteiger partial charge in [-0.05, 0) is 74.3 Å². The highest BCUT2D eigenvalue weighted by Gasteiger charge is 2.25. The first-order valence-corrected chi connectivity index (χ1v) is 18.6. The second-order valence-corrected chi connectivity index (χ2v) is 13.8. The molecule has 1 aromatic heterocycles. The van der Waals surface area contributed by atoms with Crippen molar-refractivity contribution >= 4 is 33.6 Å². The summed E-state index contributed by atoms with van der Waals surface area (Å²) in [5.74, 6) is 1.42. The third-order valence-corrected chi connectivity index (χ3v) is 10.4. The van der Waals surface area contributed by atoms with Crippen molar-refractivity contribution in [2.24, 2.45) is 9.98 Å². The van der Waals surface area contributed by atoms with Crippen LogP contribution in [-0.2, 0) is 0 Å². The number of amidine groups is 2. The van der Waals surface area contributed by atoms with E-state index in [9.17, 15) is 0 Å². The van der Waals surface area contributed by atoms with E-state index in [0.29, 0.717) is 5.84 Å². The van der Waals surface area contributed by atoms with Gasteiger partial charge >= 0.3 is 0 Å². The van der Waals surface area contributed by atoms with Crippen LogP contribution in [0, 0.1) is 0 Å². The minimum Gasteiger partial charge on any atom is -0.456 e. The fourth-order valence-electron chi connectivity index (χ4n) is 7.62. The molecule has 2 heterocycles. The predicted molar refractivity (Wildman–Crippen MR) is 227 cm³/mol. The number of nitrogens with one attached hydrogen (secondary N) is 1. The molecular formula is C51H35N3O. The van der Waals surface area contributed by atoms with Crippen LogP contribution in [0.5, 0.6) is 0 Å². The Bertz CT molecular complexity index is 2860. The van der Waals surface area contributed by atoms with E-state index in [2.05, 4.69) is 181 Å². The summed E-state index contributed by atoms with van der Waals surface area (Å²) < 4.78 is 6.53. The summed E-state index contributed by atoms with van der Waals surface area (Å²) >= 11 is 0. The smallest absolute Gasteiger partial charge is 0.159 e. The average molecular weight is 706 g/mol. The van der Waals surface area contributed by atoms with E-state index in [0.717, 1.165) is 72.3 Å². The van der Waals surface area contributed by atoms with E-state index in [1.165, 1.54) is 16.7 Å². The Balaban J connectivity index is 1.11. The molecule has 1 aliphatic rings. The Kier molecular flexibility index (Phi) is 8.19. The van der Waals surface area contributed by atoms with E-state index in [4.69, 9.17) is 14.4 Å². The van der Waals surface area contributed by atoms with Gasteiger partial charge in [0.2, 0.25) is 0 Å². The van der Waals surface area contributed by atoms with Gasteiger partial charge < -0.3 is 9.73 Å². The van der Waals surface area contributed by atoms with E-state index in [1.54, 1.807) is 0 Å². The number of hydrogen-bond acceptors (Lipinski definition) is 4. The molecule has 0 bridgehead atoms. The quantitative estimate of drug-likeness (QED) is 0.179. The van der Waals surface area contributed by atoms with Gasteiger partial charge in [-0.2, -0.15) is 0 Å². The van der Waals surface area contributed by atoms with Gasteiger partial charge in [-0.1, -0.05) is 176 Å². The van der Waals surface area contributed by atoms with Gasteiger partial charge in [-0.25, -0.2) is 9.98 Å². The van der Waals surface area contributed by atoms with Crippen molar-refractivity contribution in [3.8, 4) is 44.5 Å². The molecule has 0 amide bonds. The summed E-state index contributed by atoms with van der Waals surface area (Å²) in [5.41, 5.74) is 13.8. The average Bonchev–Trinajstić information content (AvgIpc) is 3.66. The van der Waals surface area contributed by atoms with Crippen LogP contribution in [0.3, 0.4) is 0 Å². The van der Waals surface area contributed by atoms with Crippen molar-refractivity contribution in [2.45, 2.75) is 6.17 Å². The van der Waals surface area contributed by atoms with Crippen LogP contribution in [-0.4, -0.2) is 11.7 Å². The van der Waals surface area contributed by atoms with Gasteiger partial charge in [0.1, 0.15) is 23.2 Å². The molecule has 8 aromatic carbocycles. The van der Waals surface area contributed by atoms with Crippen LogP contribution < -0.4 is 5.32 Å². The monoisotopic (exact) mass is 705 g/mol. The van der Waals surface area contributed by atoms with Crippen LogP contribution in [0.1, 0.15) is 22.9 Å². The fourth-order valence-corrected chi connectivity index (χ4v) is 7.62. The molecule has 0 aliphatic carbocycles. The van der Waals surface area contributed by atoms with Gasteiger partial charge in [-0.15, -0.1) is 0 Å². The lowest BCUT2D eigenvalue weighted by atomic mass is 9.92. The maximum atomic E-state index is 6.53. The Morgan fingerprint density at radius 1 is 0.400 bits per heavy atom. The molecule has 0 spiro atoms. The van der Waals surface area contributed by atoms with Crippen LogP contribution in [0.2, 0.25) is 0 Å². The fraction of sp³-hybridized carbons (Fsp3) is 0.0196. The number of rotatable bonds is 7. The van der Waals surface area contributed by atoms with Crippen molar-refractivity contribution in [3.63, 3.8) is 0 Å². The zero-order valence-electron chi connectivity index (χ0n) is 29.9. The lowest BCUT2D eigenvalue weighted by Crippen LogP contribution is -2.33. The van der Waals surface area contributed by atoms with Crippen molar-refractivity contribution in [3.05, 3.63) is 217 Å². The first-order valence-electron chi connectivity index (χ1n) is 18.6. The highest BCUT2D eigenvalue weighted by molar-refractivity contribution is 6.22.